The van der Waals surface area contributed by atoms with Crippen LogP contribution < -0.4 is 10.1 Å². The van der Waals surface area contributed by atoms with Crippen molar-refractivity contribution < 1.29 is 9.53 Å². The van der Waals surface area contributed by atoms with Gasteiger partial charge in [-0.05, 0) is 33.0 Å². The molecule has 23 heavy (non-hydrogen) atoms. The lowest BCUT2D eigenvalue weighted by Gasteiger charge is -2.29. The number of hydrogen-bond donors (Lipinski definition) is 1. The molecule has 2 aromatic rings. The van der Waals surface area contributed by atoms with Crippen molar-refractivity contribution in [3.05, 3.63) is 42.7 Å². The maximum Gasteiger partial charge on any atom is 0.412 e. The second-order valence-corrected chi connectivity index (χ2v) is 5.72. The van der Waals surface area contributed by atoms with Crippen LogP contribution in [0.3, 0.4) is 0 Å². The zero-order valence-corrected chi connectivity index (χ0v) is 13.1. The van der Waals surface area contributed by atoms with E-state index in [9.17, 15) is 4.79 Å². The molecular formula is C17H20N4O2. The molecule has 0 aliphatic carbocycles. The first-order valence-corrected chi connectivity index (χ1v) is 7.75. The summed E-state index contributed by atoms with van der Waals surface area (Å²) < 4.78 is 5.25. The van der Waals surface area contributed by atoms with E-state index in [0.29, 0.717) is 11.6 Å². The van der Waals surface area contributed by atoms with E-state index in [0.717, 1.165) is 31.5 Å². The maximum absolute atomic E-state index is 11.9. The lowest BCUT2D eigenvalue weighted by atomic mass is 10.1. The molecule has 0 bridgehead atoms. The Labute approximate surface area is 135 Å². The predicted molar refractivity (Wildman–Crippen MR) is 87.1 cm³/mol. The number of carbonyl (C=O) groups is 1. The van der Waals surface area contributed by atoms with Crippen LogP contribution in [0.5, 0.6) is 5.75 Å². The minimum atomic E-state index is -0.449. The van der Waals surface area contributed by atoms with Crippen LogP contribution in [0.2, 0.25) is 0 Å². The molecule has 0 unspecified atom stereocenters. The SMILES string of the molecule is CN1CCC(NC(=O)Oc2cnc(-c3ccccc3)nc2)CC1. The Balaban J connectivity index is 1.55. The molecule has 0 spiro atoms. The van der Waals surface area contributed by atoms with Gasteiger partial charge in [0.05, 0.1) is 12.4 Å². The molecule has 6 nitrogen and oxygen atoms in total. The number of piperidine rings is 1. The number of likely N-dealkylation sites (tertiary alicyclic amines) is 1. The van der Waals surface area contributed by atoms with Crippen LogP contribution >= 0.6 is 0 Å². The van der Waals surface area contributed by atoms with E-state index in [4.69, 9.17) is 4.74 Å². The van der Waals surface area contributed by atoms with Gasteiger partial charge < -0.3 is 15.0 Å². The molecule has 0 atom stereocenters. The molecule has 120 valence electrons. The number of carbonyl (C=O) groups excluding carboxylic acids is 1. The fourth-order valence-electron chi connectivity index (χ4n) is 2.56. The maximum atomic E-state index is 11.9. The molecule has 0 saturated carbocycles. The molecule has 2 heterocycles. The highest BCUT2D eigenvalue weighted by atomic mass is 16.6. The molecule has 1 aliphatic rings. The van der Waals surface area contributed by atoms with Gasteiger partial charge in [-0.2, -0.15) is 0 Å². The van der Waals surface area contributed by atoms with Crippen LogP contribution in [-0.4, -0.2) is 47.1 Å². The zero-order valence-electron chi connectivity index (χ0n) is 13.1. The zero-order chi connectivity index (χ0) is 16.1. The lowest BCUT2D eigenvalue weighted by Crippen LogP contribution is -2.44. The van der Waals surface area contributed by atoms with Gasteiger partial charge in [0.25, 0.3) is 0 Å². The van der Waals surface area contributed by atoms with Crippen LogP contribution in [0.4, 0.5) is 4.79 Å². The Morgan fingerprint density at radius 1 is 1.17 bits per heavy atom. The van der Waals surface area contributed by atoms with Crippen LogP contribution in [0.1, 0.15) is 12.8 Å². The first-order chi connectivity index (χ1) is 11.2. The van der Waals surface area contributed by atoms with Crippen molar-refractivity contribution >= 4 is 6.09 Å². The average molecular weight is 312 g/mol. The third-order valence-corrected chi connectivity index (χ3v) is 3.91. The third-order valence-electron chi connectivity index (χ3n) is 3.91. The van der Waals surface area contributed by atoms with E-state index >= 15 is 0 Å². The quantitative estimate of drug-likeness (QED) is 0.942. The highest BCUT2D eigenvalue weighted by Gasteiger charge is 2.19. The molecule has 1 aromatic carbocycles. The Morgan fingerprint density at radius 3 is 2.48 bits per heavy atom. The van der Waals surface area contributed by atoms with Gasteiger partial charge in [-0.15, -0.1) is 0 Å². The number of nitrogens with one attached hydrogen (secondary N) is 1. The smallest absolute Gasteiger partial charge is 0.407 e. The number of nitrogens with zero attached hydrogens (tertiary/aromatic N) is 3. The highest BCUT2D eigenvalue weighted by molar-refractivity contribution is 5.70. The van der Waals surface area contributed by atoms with Gasteiger partial charge in [-0.25, -0.2) is 14.8 Å². The minimum Gasteiger partial charge on any atom is -0.407 e. The molecular weight excluding hydrogens is 292 g/mol. The number of hydrogen-bond acceptors (Lipinski definition) is 5. The summed E-state index contributed by atoms with van der Waals surface area (Å²) in [4.78, 5) is 22.6. The number of aromatic nitrogens is 2. The second-order valence-electron chi connectivity index (χ2n) is 5.72. The third kappa shape index (κ3) is 4.26. The van der Waals surface area contributed by atoms with Gasteiger partial charge in [0.2, 0.25) is 0 Å². The number of rotatable bonds is 3. The van der Waals surface area contributed by atoms with E-state index < -0.39 is 6.09 Å². The van der Waals surface area contributed by atoms with Gasteiger partial charge >= 0.3 is 6.09 Å². The molecule has 0 radical (unpaired) electrons. The van der Waals surface area contributed by atoms with Crippen molar-refractivity contribution in [3.8, 4) is 17.1 Å². The summed E-state index contributed by atoms with van der Waals surface area (Å²) in [6.07, 6.45) is 4.47. The van der Waals surface area contributed by atoms with E-state index in [1.165, 1.54) is 12.4 Å². The van der Waals surface area contributed by atoms with Crippen molar-refractivity contribution in [2.75, 3.05) is 20.1 Å². The standard InChI is InChI=1S/C17H20N4O2/c1-21-9-7-14(8-10-21)20-17(22)23-15-11-18-16(19-12-15)13-5-3-2-4-6-13/h2-6,11-12,14H,7-10H2,1H3,(H,20,22). The van der Waals surface area contributed by atoms with E-state index in [2.05, 4.69) is 27.2 Å². The first kappa shape index (κ1) is 15.4. The van der Waals surface area contributed by atoms with E-state index in [1.54, 1.807) is 0 Å². The second kappa shape index (κ2) is 7.19. The van der Waals surface area contributed by atoms with Crippen molar-refractivity contribution in [2.45, 2.75) is 18.9 Å². The Hall–Kier alpha value is -2.47. The summed E-state index contributed by atoms with van der Waals surface area (Å²) in [7, 11) is 2.08. The molecule has 1 N–H and O–H groups in total. The summed E-state index contributed by atoms with van der Waals surface area (Å²) in [5.74, 6) is 0.948. The van der Waals surface area contributed by atoms with E-state index in [-0.39, 0.29) is 6.04 Å². The van der Waals surface area contributed by atoms with Gasteiger partial charge in [0.15, 0.2) is 11.6 Å². The molecule has 6 heteroatoms. The molecule has 1 aromatic heterocycles. The molecule has 3 rings (SSSR count). The summed E-state index contributed by atoms with van der Waals surface area (Å²) in [5, 5.41) is 2.89. The van der Waals surface area contributed by atoms with Crippen LogP contribution in [0.25, 0.3) is 11.4 Å². The van der Waals surface area contributed by atoms with Gasteiger partial charge in [-0.1, -0.05) is 30.3 Å². The predicted octanol–water partition coefficient (Wildman–Crippen LogP) is 2.33. The van der Waals surface area contributed by atoms with Gasteiger partial charge in [-0.3, -0.25) is 0 Å². The average Bonchev–Trinajstić information content (AvgIpc) is 2.58. The van der Waals surface area contributed by atoms with Crippen LogP contribution in [0.15, 0.2) is 42.7 Å². The highest BCUT2D eigenvalue weighted by Crippen LogP contribution is 2.16. The lowest BCUT2D eigenvalue weighted by molar-refractivity contribution is 0.182. The Bertz CT molecular complexity index is 637. The summed E-state index contributed by atoms with van der Waals surface area (Å²) in [6.45, 7) is 1.97. The largest absolute Gasteiger partial charge is 0.412 e. The summed E-state index contributed by atoms with van der Waals surface area (Å²) >= 11 is 0. The van der Waals surface area contributed by atoms with E-state index in [1.807, 2.05) is 30.3 Å². The molecule has 1 aliphatic heterocycles. The first-order valence-electron chi connectivity index (χ1n) is 7.75. The topological polar surface area (TPSA) is 67.4 Å². The number of benzene rings is 1. The fraction of sp³-hybridized carbons (Fsp3) is 0.353. The van der Waals surface area contributed by atoms with Crippen molar-refractivity contribution in [1.29, 1.82) is 0 Å². The van der Waals surface area contributed by atoms with Crippen molar-refractivity contribution in [2.24, 2.45) is 0 Å². The van der Waals surface area contributed by atoms with Crippen molar-refractivity contribution in [1.82, 2.24) is 20.2 Å². The Kier molecular flexibility index (Phi) is 4.83. The monoisotopic (exact) mass is 312 g/mol. The summed E-state index contributed by atoms with van der Waals surface area (Å²) in [5.41, 5.74) is 0.926. The minimum absolute atomic E-state index is 0.170. The molecule has 1 amide bonds. The fourth-order valence-corrected chi connectivity index (χ4v) is 2.56. The van der Waals surface area contributed by atoms with Crippen LogP contribution in [0, 0.1) is 0 Å². The van der Waals surface area contributed by atoms with Crippen LogP contribution in [-0.2, 0) is 0 Å². The van der Waals surface area contributed by atoms with Gasteiger partial charge in [0.1, 0.15) is 0 Å². The summed E-state index contributed by atoms with van der Waals surface area (Å²) in [6, 6.07) is 9.83. The van der Waals surface area contributed by atoms with Crippen molar-refractivity contribution in [3.63, 3.8) is 0 Å². The normalized spacial score (nSPS) is 16.0. The van der Waals surface area contributed by atoms with Gasteiger partial charge in [0, 0.05) is 11.6 Å². The molecule has 1 fully saturated rings. The number of ether oxygens (including phenoxy) is 1. The molecule has 1 saturated heterocycles. The Morgan fingerprint density at radius 2 is 1.83 bits per heavy atom. The number of amides is 1.